The number of hydrogen-bond donors (Lipinski definition) is 2. The topological polar surface area (TPSA) is 117 Å². The van der Waals surface area contributed by atoms with Crippen LogP contribution >= 0.6 is 7.82 Å². The summed E-state index contributed by atoms with van der Waals surface area (Å²) in [6, 6.07) is 0. The fourth-order valence-electron chi connectivity index (χ4n) is 5.11. The van der Waals surface area contributed by atoms with E-state index in [1.807, 2.05) is 0 Å². The predicted octanol–water partition coefficient (Wildman–Crippen LogP) is 9.80. The van der Waals surface area contributed by atoms with Crippen molar-refractivity contribution in [1.29, 1.82) is 0 Å². The SMILES string of the molecule is CCCCCCCCCCCCCCCC(=O)OC(COCCCCCCCCCCCCC)COP(=O)(O)OCCN. The number of unbranched alkanes of at least 4 members (excludes halogenated alkanes) is 22. The van der Waals surface area contributed by atoms with Crippen molar-refractivity contribution in [3.63, 3.8) is 0 Å². The molecule has 0 aliphatic rings. The lowest BCUT2D eigenvalue weighted by atomic mass is 10.0. The van der Waals surface area contributed by atoms with Crippen LogP contribution in [0, 0.1) is 0 Å². The summed E-state index contributed by atoms with van der Waals surface area (Å²) in [6.07, 6.45) is 29.6. The molecule has 0 aromatic heterocycles. The molecule has 0 saturated carbocycles. The molecule has 9 heteroatoms. The molecular weight excluding hydrogens is 565 g/mol. The molecule has 0 spiro atoms. The van der Waals surface area contributed by atoms with Crippen LogP contribution in [-0.2, 0) is 27.9 Å². The molecule has 0 aromatic carbocycles. The first kappa shape index (κ1) is 42.5. The van der Waals surface area contributed by atoms with E-state index in [1.54, 1.807) is 0 Å². The van der Waals surface area contributed by atoms with Gasteiger partial charge in [-0.2, -0.15) is 0 Å². The van der Waals surface area contributed by atoms with Crippen LogP contribution in [0.5, 0.6) is 0 Å². The van der Waals surface area contributed by atoms with Gasteiger partial charge in [0.2, 0.25) is 0 Å². The van der Waals surface area contributed by atoms with Gasteiger partial charge in [0.15, 0.2) is 0 Å². The van der Waals surface area contributed by atoms with Crippen molar-refractivity contribution in [1.82, 2.24) is 0 Å². The Morgan fingerprint density at radius 2 is 1.02 bits per heavy atom. The van der Waals surface area contributed by atoms with Crippen molar-refractivity contribution < 1.29 is 32.8 Å². The van der Waals surface area contributed by atoms with Crippen molar-refractivity contribution in [2.75, 3.05) is 33.0 Å². The second-order valence-electron chi connectivity index (χ2n) is 12.1. The third kappa shape index (κ3) is 32.7. The molecule has 0 rings (SSSR count). The monoisotopic (exact) mass is 635 g/mol. The van der Waals surface area contributed by atoms with E-state index in [1.165, 1.54) is 122 Å². The molecule has 0 aliphatic heterocycles. The summed E-state index contributed by atoms with van der Waals surface area (Å²) in [7, 11) is -4.26. The number of phosphoric ester groups is 1. The largest absolute Gasteiger partial charge is 0.472 e. The molecule has 0 radical (unpaired) electrons. The number of rotatable bonds is 35. The van der Waals surface area contributed by atoms with E-state index in [4.69, 9.17) is 24.3 Å². The Morgan fingerprint density at radius 3 is 1.47 bits per heavy atom. The van der Waals surface area contributed by atoms with E-state index in [9.17, 15) is 14.3 Å². The smallest absolute Gasteiger partial charge is 0.457 e. The predicted molar refractivity (Wildman–Crippen MR) is 178 cm³/mol. The zero-order valence-corrected chi connectivity index (χ0v) is 29.1. The first-order chi connectivity index (χ1) is 20.9. The van der Waals surface area contributed by atoms with Crippen LogP contribution in [0.3, 0.4) is 0 Å². The number of esters is 1. The molecule has 0 heterocycles. The van der Waals surface area contributed by atoms with E-state index < -0.39 is 13.9 Å². The highest BCUT2D eigenvalue weighted by Crippen LogP contribution is 2.43. The van der Waals surface area contributed by atoms with Crippen LogP contribution in [0.1, 0.15) is 174 Å². The molecule has 0 aliphatic carbocycles. The minimum Gasteiger partial charge on any atom is -0.457 e. The highest BCUT2D eigenvalue weighted by Gasteiger charge is 2.25. The van der Waals surface area contributed by atoms with Crippen LogP contribution in [0.2, 0.25) is 0 Å². The molecule has 0 aromatic rings. The Kier molecular flexibility index (Phi) is 32.5. The van der Waals surface area contributed by atoms with Gasteiger partial charge in [0.25, 0.3) is 0 Å². The van der Waals surface area contributed by atoms with Crippen LogP contribution in [0.4, 0.5) is 0 Å². The Balaban J connectivity index is 4.08. The molecule has 8 nitrogen and oxygen atoms in total. The number of carbonyl (C=O) groups is 1. The third-order valence-electron chi connectivity index (χ3n) is 7.77. The standard InChI is InChI=1S/C34H70NO7P/c1-3-5-7-9-11-13-15-16-17-19-21-23-25-27-34(36)42-33(32-41-43(37,38)40-30-28-35)31-39-29-26-24-22-20-18-14-12-10-8-6-4-2/h33H,3-32,35H2,1-2H3,(H,37,38). The molecule has 258 valence electrons. The van der Waals surface area contributed by atoms with Gasteiger partial charge in [-0.1, -0.05) is 155 Å². The van der Waals surface area contributed by atoms with E-state index in [-0.39, 0.29) is 32.3 Å². The molecule has 0 bridgehead atoms. The first-order valence-electron chi connectivity index (χ1n) is 18.0. The molecule has 2 unspecified atom stereocenters. The summed E-state index contributed by atoms with van der Waals surface area (Å²) in [5.41, 5.74) is 5.34. The van der Waals surface area contributed by atoms with Gasteiger partial charge in [0.05, 0.1) is 19.8 Å². The number of carbonyl (C=O) groups excluding carboxylic acids is 1. The van der Waals surface area contributed by atoms with E-state index in [2.05, 4.69) is 13.8 Å². The van der Waals surface area contributed by atoms with Gasteiger partial charge >= 0.3 is 13.8 Å². The van der Waals surface area contributed by atoms with Crippen molar-refractivity contribution in [3.05, 3.63) is 0 Å². The van der Waals surface area contributed by atoms with Gasteiger partial charge in [-0.15, -0.1) is 0 Å². The van der Waals surface area contributed by atoms with E-state index in [0.717, 1.165) is 32.1 Å². The van der Waals surface area contributed by atoms with Gasteiger partial charge in [-0.3, -0.25) is 13.8 Å². The Labute approximate surface area is 265 Å². The lowest BCUT2D eigenvalue weighted by Crippen LogP contribution is -2.28. The van der Waals surface area contributed by atoms with Crippen LogP contribution in [0.25, 0.3) is 0 Å². The number of ether oxygens (including phenoxy) is 2. The Morgan fingerprint density at radius 1 is 0.605 bits per heavy atom. The van der Waals surface area contributed by atoms with Crippen molar-refractivity contribution in [2.45, 2.75) is 180 Å². The number of hydrogen-bond acceptors (Lipinski definition) is 7. The maximum Gasteiger partial charge on any atom is 0.472 e. The Bertz CT molecular complexity index is 638. The van der Waals surface area contributed by atoms with Crippen LogP contribution in [0.15, 0.2) is 0 Å². The molecule has 43 heavy (non-hydrogen) atoms. The van der Waals surface area contributed by atoms with Gasteiger partial charge in [0.1, 0.15) is 6.10 Å². The van der Waals surface area contributed by atoms with Crippen LogP contribution < -0.4 is 5.73 Å². The number of nitrogens with two attached hydrogens (primary N) is 1. The molecule has 2 atom stereocenters. The highest BCUT2D eigenvalue weighted by atomic mass is 31.2. The summed E-state index contributed by atoms with van der Waals surface area (Å²) < 4.78 is 33.2. The minimum atomic E-state index is -4.26. The summed E-state index contributed by atoms with van der Waals surface area (Å²) in [5, 5.41) is 0. The van der Waals surface area contributed by atoms with Crippen LogP contribution in [-0.4, -0.2) is 49.9 Å². The zero-order valence-electron chi connectivity index (χ0n) is 28.2. The highest BCUT2D eigenvalue weighted by molar-refractivity contribution is 7.47. The third-order valence-corrected chi connectivity index (χ3v) is 8.76. The average molecular weight is 636 g/mol. The number of phosphoric acid groups is 1. The summed E-state index contributed by atoms with van der Waals surface area (Å²) in [5.74, 6) is -0.328. The summed E-state index contributed by atoms with van der Waals surface area (Å²) >= 11 is 0. The molecule has 0 fully saturated rings. The molecule has 0 saturated heterocycles. The first-order valence-corrected chi connectivity index (χ1v) is 19.5. The molecular formula is C34H70NO7P. The fourth-order valence-corrected chi connectivity index (χ4v) is 5.88. The quantitative estimate of drug-likeness (QED) is 0.0401. The summed E-state index contributed by atoms with van der Waals surface area (Å²) in [4.78, 5) is 22.3. The lowest BCUT2D eigenvalue weighted by molar-refractivity contribution is -0.154. The normalized spacial score (nSPS) is 13.7. The van der Waals surface area contributed by atoms with E-state index in [0.29, 0.717) is 13.0 Å². The zero-order chi connectivity index (χ0) is 31.7. The van der Waals surface area contributed by atoms with Gasteiger partial charge in [-0.25, -0.2) is 4.57 Å². The minimum absolute atomic E-state index is 0.0906. The maximum atomic E-state index is 12.5. The summed E-state index contributed by atoms with van der Waals surface area (Å²) in [6.45, 7) is 4.94. The van der Waals surface area contributed by atoms with Crippen molar-refractivity contribution in [2.24, 2.45) is 5.73 Å². The second kappa shape index (κ2) is 32.9. The molecule has 0 amide bonds. The fraction of sp³-hybridized carbons (Fsp3) is 0.971. The van der Waals surface area contributed by atoms with Crippen molar-refractivity contribution in [3.8, 4) is 0 Å². The Hall–Kier alpha value is -0.500. The van der Waals surface area contributed by atoms with Gasteiger partial charge in [0, 0.05) is 19.6 Å². The van der Waals surface area contributed by atoms with Crippen molar-refractivity contribution >= 4 is 13.8 Å². The average Bonchev–Trinajstić information content (AvgIpc) is 2.99. The van der Waals surface area contributed by atoms with E-state index >= 15 is 0 Å². The van der Waals surface area contributed by atoms with Gasteiger partial charge in [-0.05, 0) is 12.8 Å². The molecule has 3 N–H and O–H groups in total. The maximum absolute atomic E-state index is 12.5. The van der Waals surface area contributed by atoms with Gasteiger partial charge < -0.3 is 20.1 Å². The second-order valence-corrected chi connectivity index (χ2v) is 13.6. The lowest BCUT2D eigenvalue weighted by Gasteiger charge is -2.20.